The van der Waals surface area contributed by atoms with Gasteiger partial charge in [-0.2, -0.15) is 0 Å². The van der Waals surface area contributed by atoms with Crippen molar-refractivity contribution in [1.29, 1.82) is 0 Å². The molecule has 0 radical (unpaired) electrons. The number of carbonyl (C=O) groups is 1. The Hall–Kier alpha value is -0.570. The first-order valence-electron chi connectivity index (χ1n) is 8.08. The standard InChI is InChI=1S/C16H34N2O/c1-4-5-6-7-8-9-10-11-12-15(2)16(19)18(3)14-13-17/h15H,4-14,17H2,1-3H3. The van der Waals surface area contributed by atoms with Crippen molar-refractivity contribution in [2.45, 2.75) is 71.6 Å². The van der Waals surface area contributed by atoms with Crippen LogP contribution in [0, 0.1) is 5.92 Å². The number of rotatable bonds is 12. The van der Waals surface area contributed by atoms with Gasteiger partial charge in [0.15, 0.2) is 0 Å². The van der Waals surface area contributed by atoms with Crippen molar-refractivity contribution in [2.75, 3.05) is 20.1 Å². The number of likely N-dealkylation sites (N-methyl/N-ethyl adjacent to an activating group) is 1. The molecule has 1 unspecified atom stereocenters. The Balaban J connectivity index is 3.47. The molecular weight excluding hydrogens is 236 g/mol. The smallest absolute Gasteiger partial charge is 0.225 e. The van der Waals surface area contributed by atoms with Crippen LogP contribution in [-0.4, -0.2) is 30.9 Å². The zero-order chi connectivity index (χ0) is 14.5. The topological polar surface area (TPSA) is 46.3 Å². The Morgan fingerprint density at radius 2 is 1.58 bits per heavy atom. The molecule has 0 aliphatic carbocycles. The van der Waals surface area contributed by atoms with Crippen LogP contribution in [0.5, 0.6) is 0 Å². The summed E-state index contributed by atoms with van der Waals surface area (Å²) < 4.78 is 0. The van der Waals surface area contributed by atoms with Crippen molar-refractivity contribution in [3.8, 4) is 0 Å². The van der Waals surface area contributed by atoms with Crippen LogP contribution in [0.1, 0.15) is 71.6 Å². The maximum Gasteiger partial charge on any atom is 0.225 e. The van der Waals surface area contributed by atoms with Crippen molar-refractivity contribution in [2.24, 2.45) is 11.7 Å². The lowest BCUT2D eigenvalue weighted by Crippen LogP contribution is -2.35. The maximum absolute atomic E-state index is 11.9. The summed E-state index contributed by atoms with van der Waals surface area (Å²) >= 11 is 0. The lowest BCUT2D eigenvalue weighted by Gasteiger charge is -2.20. The maximum atomic E-state index is 11.9. The molecule has 3 heteroatoms. The quantitative estimate of drug-likeness (QED) is 0.551. The van der Waals surface area contributed by atoms with E-state index in [2.05, 4.69) is 6.92 Å². The van der Waals surface area contributed by atoms with Gasteiger partial charge in [-0.1, -0.05) is 65.2 Å². The largest absolute Gasteiger partial charge is 0.344 e. The van der Waals surface area contributed by atoms with Crippen LogP contribution < -0.4 is 5.73 Å². The first-order chi connectivity index (χ1) is 9.13. The summed E-state index contributed by atoms with van der Waals surface area (Å²) in [5.74, 6) is 0.394. The van der Waals surface area contributed by atoms with Gasteiger partial charge in [-0.05, 0) is 6.42 Å². The third-order valence-electron chi connectivity index (χ3n) is 3.75. The van der Waals surface area contributed by atoms with E-state index in [-0.39, 0.29) is 11.8 Å². The minimum Gasteiger partial charge on any atom is -0.344 e. The van der Waals surface area contributed by atoms with E-state index >= 15 is 0 Å². The lowest BCUT2D eigenvalue weighted by atomic mass is 10.0. The molecule has 0 rings (SSSR count). The van der Waals surface area contributed by atoms with Crippen molar-refractivity contribution < 1.29 is 4.79 Å². The number of hydrogen-bond acceptors (Lipinski definition) is 2. The highest BCUT2D eigenvalue weighted by Gasteiger charge is 2.15. The molecule has 0 bridgehead atoms. The second kappa shape index (κ2) is 12.5. The monoisotopic (exact) mass is 270 g/mol. The molecule has 0 aliphatic heterocycles. The SMILES string of the molecule is CCCCCCCCCCC(C)C(=O)N(C)CCN. The van der Waals surface area contributed by atoms with Crippen molar-refractivity contribution >= 4 is 5.91 Å². The van der Waals surface area contributed by atoms with Gasteiger partial charge in [-0.25, -0.2) is 0 Å². The second-order valence-corrected chi connectivity index (χ2v) is 5.71. The van der Waals surface area contributed by atoms with Gasteiger partial charge in [0.05, 0.1) is 0 Å². The van der Waals surface area contributed by atoms with Gasteiger partial charge in [0.25, 0.3) is 0 Å². The molecular formula is C16H34N2O. The van der Waals surface area contributed by atoms with E-state index in [1.807, 2.05) is 14.0 Å². The zero-order valence-electron chi connectivity index (χ0n) is 13.3. The van der Waals surface area contributed by atoms with E-state index in [1.54, 1.807) is 4.90 Å². The third-order valence-corrected chi connectivity index (χ3v) is 3.75. The second-order valence-electron chi connectivity index (χ2n) is 5.71. The fourth-order valence-corrected chi connectivity index (χ4v) is 2.39. The third kappa shape index (κ3) is 9.94. The summed E-state index contributed by atoms with van der Waals surface area (Å²) in [4.78, 5) is 13.7. The van der Waals surface area contributed by atoms with E-state index in [0.717, 1.165) is 6.42 Å². The predicted molar refractivity (Wildman–Crippen MR) is 83.1 cm³/mol. The number of unbranched alkanes of at least 4 members (excludes halogenated alkanes) is 7. The fourth-order valence-electron chi connectivity index (χ4n) is 2.39. The minimum atomic E-state index is 0.150. The predicted octanol–water partition coefficient (Wildman–Crippen LogP) is 3.57. The number of nitrogens with zero attached hydrogens (tertiary/aromatic N) is 1. The molecule has 2 N–H and O–H groups in total. The summed E-state index contributed by atoms with van der Waals surface area (Å²) in [7, 11) is 1.85. The number of nitrogens with two attached hydrogens (primary N) is 1. The zero-order valence-corrected chi connectivity index (χ0v) is 13.3. The van der Waals surface area contributed by atoms with Crippen LogP contribution in [0.2, 0.25) is 0 Å². The van der Waals surface area contributed by atoms with Gasteiger partial charge in [-0.3, -0.25) is 4.79 Å². The van der Waals surface area contributed by atoms with Crippen LogP contribution in [0.25, 0.3) is 0 Å². The molecule has 0 aliphatic rings. The van der Waals surface area contributed by atoms with Gasteiger partial charge in [0.1, 0.15) is 0 Å². The molecule has 0 saturated carbocycles. The molecule has 0 spiro atoms. The molecule has 19 heavy (non-hydrogen) atoms. The van der Waals surface area contributed by atoms with Gasteiger partial charge in [0.2, 0.25) is 5.91 Å². The Morgan fingerprint density at radius 1 is 1.05 bits per heavy atom. The Morgan fingerprint density at radius 3 is 2.11 bits per heavy atom. The Labute approximate surface area is 119 Å². The van der Waals surface area contributed by atoms with E-state index in [9.17, 15) is 4.79 Å². The van der Waals surface area contributed by atoms with Crippen molar-refractivity contribution in [3.05, 3.63) is 0 Å². The fraction of sp³-hybridized carbons (Fsp3) is 0.938. The molecule has 0 saturated heterocycles. The van der Waals surface area contributed by atoms with E-state index < -0.39 is 0 Å². The molecule has 1 amide bonds. The average Bonchev–Trinajstić information content (AvgIpc) is 2.41. The molecule has 1 atom stereocenters. The van der Waals surface area contributed by atoms with Crippen LogP contribution in [0.4, 0.5) is 0 Å². The molecule has 0 fully saturated rings. The normalized spacial score (nSPS) is 12.4. The molecule has 3 nitrogen and oxygen atoms in total. The molecule has 0 aromatic heterocycles. The lowest BCUT2D eigenvalue weighted by molar-refractivity contribution is -0.133. The summed E-state index contributed by atoms with van der Waals surface area (Å²) in [6.45, 7) is 5.50. The minimum absolute atomic E-state index is 0.150. The highest BCUT2D eigenvalue weighted by atomic mass is 16.2. The Bertz CT molecular complexity index is 219. The number of carbonyl (C=O) groups excluding carboxylic acids is 1. The molecule has 0 aromatic rings. The van der Waals surface area contributed by atoms with Crippen LogP contribution in [0.3, 0.4) is 0 Å². The molecule has 114 valence electrons. The number of hydrogen-bond donors (Lipinski definition) is 1. The van der Waals surface area contributed by atoms with Crippen LogP contribution in [-0.2, 0) is 4.79 Å². The van der Waals surface area contributed by atoms with Crippen molar-refractivity contribution in [3.63, 3.8) is 0 Å². The van der Waals surface area contributed by atoms with Crippen LogP contribution in [0.15, 0.2) is 0 Å². The van der Waals surface area contributed by atoms with Gasteiger partial charge in [0, 0.05) is 26.1 Å². The van der Waals surface area contributed by atoms with Crippen LogP contribution >= 0.6 is 0 Å². The van der Waals surface area contributed by atoms with Crippen molar-refractivity contribution in [1.82, 2.24) is 4.90 Å². The summed E-state index contributed by atoms with van der Waals surface area (Å²) in [6, 6.07) is 0. The summed E-state index contributed by atoms with van der Waals surface area (Å²) in [6.07, 6.45) is 11.6. The summed E-state index contributed by atoms with van der Waals surface area (Å²) in [5, 5.41) is 0. The van der Waals surface area contributed by atoms with E-state index in [4.69, 9.17) is 5.73 Å². The first-order valence-corrected chi connectivity index (χ1v) is 8.08. The van der Waals surface area contributed by atoms with Gasteiger partial charge < -0.3 is 10.6 Å². The Kier molecular flexibility index (Phi) is 12.1. The van der Waals surface area contributed by atoms with E-state index in [0.29, 0.717) is 13.1 Å². The number of amides is 1. The molecule has 0 heterocycles. The van der Waals surface area contributed by atoms with E-state index in [1.165, 1.54) is 51.4 Å². The summed E-state index contributed by atoms with van der Waals surface area (Å²) in [5.41, 5.74) is 5.46. The molecule has 0 aromatic carbocycles. The highest BCUT2D eigenvalue weighted by Crippen LogP contribution is 2.14. The first kappa shape index (κ1) is 18.4. The van der Waals surface area contributed by atoms with Gasteiger partial charge in [-0.15, -0.1) is 0 Å². The van der Waals surface area contributed by atoms with Gasteiger partial charge >= 0.3 is 0 Å². The highest BCUT2D eigenvalue weighted by molar-refractivity contribution is 5.78. The average molecular weight is 270 g/mol.